The van der Waals surface area contributed by atoms with E-state index in [0.717, 1.165) is 5.69 Å². The average Bonchev–Trinajstić information content (AvgIpc) is 2.27. The Bertz CT molecular complexity index is 338. The molecule has 0 aliphatic rings. The Morgan fingerprint density at radius 2 is 2.38 bits per heavy atom. The number of carbonyl (C=O) groups is 1. The molecule has 1 unspecified atom stereocenters. The van der Waals surface area contributed by atoms with Crippen molar-refractivity contribution in [1.29, 1.82) is 0 Å². The molecule has 1 atom stereocenters. The van der Waals surface area contributed by atoms with Crippen LogP contribution in [0, 0.1) is 0 Å². The van der Waals surface area contributed by atoms with Gasteiger partial charge in [-0.15, -0.1) is 0 Å². The molecular formula is C11H16N2O3. The fraction of sp³-hybridized carbons (Fsp3) is 0.455. The molecule has 0 saturated heterocycles. The highest BCUT2D eigenvalue weighted by atomic mass is 16.5. The minimum atomic E-state index is -1.02. The number of aromatic carboxylic acids is 1. The van der Waals surface area contributed by atoms with Gasteiger partial charge in [0.15, 0.2) is 0 Å². The summed E-state index contributed by atoms with van der Waals surface area (Å²) in [5.41, 5.74) is 0.833. The number of hydrogen-bond donors (Lipinski definition) is 2. The topological polar surface area (TPSA) is 71.5 Å². The molecule has 1 rings (SSSR count). The first kappa shape index (κ1) is 12.4. The number of nitrogens with zero attached hydrogens (tertiary/aromatic N) is 1. The maximum Gasteiger partial charge on any atom is 0.354 e. The van der Waals surface area contributed by atoms with Gasteiger partial charge >= 0.3 is 5.97 Å². The number of carboxylic acid groups (broad SMARTS) is 1. The Morgan fingerprint density at radius 3 is 2.88 bits per heavy atom. The second kappa shape index (κ2) is 6.07. The minimum Gasteiger partial charge on any atom is -0.477 e. The molecule has 1 heterocycles. The van der Waals surface area contributed by atoms with Crippen LogP contribution in [0.5, 0.6) is 0 Å². The summed E-state index contributed by atoms with van der Waals surface area (Å²) in [6.07, 6.45) is 1.62. The van der Waals surface area contributed by atoms with E-state index in [9.17, 15) is 4.79 Å². The standard InChI is InChI=1S/C11H16N2O3/c1-3-16-8(2)6-12-9-4-5-10(11(14)15)13-7-9/h4-5,7-8,12H,3,6H2,1-2H3,(H,14,15). The van der Waals surface area contributed by atoms with Gasteiger partial charge < -0.3 is 15.2 Å². The minimum absolute atomic E-state index is 0.0448. The van der Waals surface area contributed by atoms with E-state index < -0.39 is 5.97 Å². The van der Waals surface area contributed by atoms with Crippen LogP contribution in [-0.4, -0.2) is 35.3 Å². The molecule has 0 aromatic carbocycles. The van der Waals surface area contributed by atoms with E-state index >= 15 is 0 Å². The van der Waals surface area contributed by atoms with Crippen LogP contribution in [0.1, 0.15) is 24.3 Å². The zero-order valence-electron chi connectivity index (χ0n) is 9.43. The van der Waals surface area contributed by atoms with Crippen molar-refractivity contribution in [3.05, 3.63) is 24.0 Å². The monoisotopic (exact) mass is 224 g/mol. The van der Waals surface area contributed by atoms with Crippen molar-refractivity contribution in [3.8, 4) is 0 Å². The van der Waals surface area contributed by atoms with E-state index in [0.29, 0.717) is 13.2 Å². The quantitative estimate of drug-likeness (QED) is 0.768. The highest BCUT2D eigenvalue weighted by molar-refractivity contribution is 5.85. The zero-order chi connectivity index (χ0) is 12.0. The molecule has 5 heteroatoms. The molecule has 0 fully saturated rings. The van der Waals surface area contributed by atoms with Crippen molar-refractivity contribution in [2.45, 2.75) is 20.0 Å². The van der Waals surface area contributed by atoms with E-state index in [1.807, 2.05) is 13.8 Å². The number of nitrogens with one attached hydrogen (secondary N) is 1. The summed E-state index contributed by atoms with van der Waals surface area (Å²) < 4.78 is 5.35. The largest absolute Gasteiger partial charge is 0.477 e. The molecule has 0 aliphatic heterocycles. The van der Waals surface area contributed by atoms with E-state index in [4.69, 9.17) is 9.84 Å². The molecule has 16 heavy (non-hydrogen) atoms. The highest BCUT2D eigenvalue weighted by Crippen LogP contribution is 2.06. The Morgan fingerprint density at radius 1 is 1.62 bits per heavy atom. The van der Waals surface area contributed by atoms with Gasteiger partial charge in [0.25, 0.3) is 0 Å². The summed E-state index contributed by atoms with van der Waals surface area (Å²) in [5, 5.41) is 11.8. The third kappa shape index (κ3) is 3.86. The van der Waals surface area contributed by atoms with E-state index in [1.54, 1.807) is 6.07 Å². The molecule has 1 aromatic rings. The Labute approximate surface area is 94.5 Å². The fourth-order valence-corrected chi connectivity index (χ4v) is 1.23. The molecule has 0 spiro atoms. The van der Waals surface area contributed by atoms with Gasteiger partial charge in [-0.2, -0.15) is 0 Å². The van der Waals surface area contributed by atoms with Gasteiger partial charge in [0.2, 0.25) is 0 Å². The van der Waals surface area contributed by atoms with Crippen molar-refractivity contribution in [2.75, 3.05) is 18.5 Å². The lowest BCUT2D eigenvalue weighted by Gasteiger charge is -2.13. The van der Waals surface area contributed by atoms with E-state index in [-0.39, 0.29) is 11.8 Å². The molecule has 0 aliphatic carbocycles. The summed E-state index contributed by atoms with van der Waals surface area (Å²) in [5.74, 6) is -1.02. The summed E-state index contributed by atoms with van der Waals surface area (Å²) in [6, 6.07) is 3.16. The predicted octanol–water partition coefficient (Wildman–Crippen LogP) is 1.62. The number of aromatic nitrogens is 1. The Kier molecular flexibility index (Phi) is 4.72. The SMILES string of the molecule is CCOC(C)CNc1ccc(C(=O)O)nc1. The number of anilines is 1. The lowest BCUT2D eigenvalue weighted by Crippen LogP contribution is -2.19. The first-order valence-electron chi connectivity index (χ1n) is 5.18. The van der Waals surface area contributed by atoms with Gasteiger partial charge in [-0.05, 0) is 26.0 Å². The molecule has 0 bridgehead atoms. The van der Waals surface area contributed by atoms with Gasteiger partial charge in [0.1, 0.15) is 5.69 Å². The predicted molar refractivity (Wildman–Crippen MR) is 60.8 cm³/mol. The zero-order valence-corrected chi connectivity index (χ0v) is 9.43. The van der Waals surface area contributed by atoms with Crippen LogP contribution >= 0.6 is 0 Å². The van der Waals surface area contributed by atoms with Crippen LogP contribution in [-0.2, 0) is 4.74 Å². The molecule has 2 N–H and O–H groups in total. The Balaban J connectivity index is 2.46. The molecule has 5 nitrogen and oxygen atoms in total. The van der Waals surface area contributed by atoms with Crippen LogP contribution in [0.4, 0.5) is 5.69 Å². The normalized spacial score (nSPS) is 12.1. The summed E-state index contributed by atoms with van der Waals surface area (Å²) in [4.78, 5) is 14.4. The summed E-state index contributed by atoms with van der Waals surface area (Å²) in [6.45, 7) is 5.26. The Hall–Kier alpha value is -1.62. The van der Waals surface area contributed by atoms with Crippen LogP contribution < -0.4 is 5.32 Å². The first-order chi connectivity index (χ1) is 7.63. The smallest absolute Gasteiger partial charge is 0.354 e. The van der Waals surface area contributed by atoms with Crippen LogP contribution in [0.2, 0.25) is 0 Å². The van der Waals surface area contributed by atoms with Crippen molar-refractivity contribution in [2.24, 2.45) is 0 Å². The molecule has 1 aromatic heterocycles. The highest BCUT2D eigenvalue weighted by Gasteiger charge is 2.04. The van der Waals surface area contributed by atoms with Crippen molar-refractivity contribution in [3.63, 3.8) is 0 Å². The third-order valence-corrected chi connectivity index (χ3v) is 2.03. The number of hydrogen-bond acceptors (Lipinski definition) is 4. The molecule has 88 valence electrons. The van der Waals surface area contributed by atoms with Crippen molar-refractivity contribution < 1.29 is 14.6 Å². The van der Waals surface area contributed by atoms with Crippen LogP contribution in [0.25, 0.3) is 0 Å². The van der Waals surface area contributed by atoms with Gasteiger partial charge in [0, 0.05) is 13.2 Å². The number of carboxylic acids is 1. The third-order valence-electron chi connectivity index (χ3n) is 2.03. The summed E-state index contributed by atoms with van der Waals surface area (Å²) >= 11 is 0. The average molecular weight is 224 g/mol. The second-order valence-electron chi connectivity index (χ2n) is 3.38. The van der Waals surface area contributed by atoms with Crippen LogP contribution in [0.15, 0.2) is 18.3 Å². The van der Waals surface area contributed by atoms with E-state index in [2.05, 4.69) is 10.3 Å². The fourth-order valence-electron chi connectivity index (χ4n) is 1.23. The van der Waals surface area contributed by atoms with E-state index in [1.165, 1.54) is 12.3 Å². The maximum atomic E-state index is 10.6. The lowest BCUT2D eigenvalue weighted by molar-refractivity contribution is 0.0690. The first-order valence-corrected chi connectivity index (χ1v) is 5.18. The van der Waals surface area contributed by atoms with Gasteiger partial charge in [-0.3, -0.25) is 0 Å². The maximum absolute atomic E-state index is 10.6. The molecule has 0 amide bonds. The lowest BCUT2D eigenvalue weighted by atomic mass is 10.3. The van der Waals surface area contributed by atoms with Crippen molar-refractivity contribution in [1.82, 2.24) is 4.98 Å². The van der Waals surface area contributed by atoms with Gasteiger partial charge in [-0.25, -0.2) is 9.78 Å². The second-order valence-corrected chi connectivity index (χ2v) is 3.38. The molecule has 0 saturated carbocycles. The van der Waals surface area contributed by atoms with Crippen LogP contribution in [0.3, 0.4) is 0 Å². The number of rotatable bonds is 6. The van der Waals surface area contributed by atoms with Gasteiger partial charge in [-0.1, -0.05) is 0 Å². The number of pyridine rings is 1. The molecule has 0 radical (unpaired) electrons. The number of ether oxygens (including phenoxy) is 1. The van der Waals surface area contributed by atoms with Gasteiger partial charge in [0.05, 0.1) is 18.0 Å². The molecular weight excluding hydrogens is 208 g/mol. The summed E-state index contributed by atoms with van der Waals surface area (Å²) in [7, 11) is 0. The van der Waals surface area contributed by atoms with Crippen molar-refractivity contribution >= 4 is 11.7 Å².